The first kappa shape index (κ1) is 15.3. The lowest BCUT2D eigenvalue weighted by atomic mass is 10.1. The van der Waals surface area contributed by atoms with Crippen LogP contribution in [0.5, 0.6) is 0 Å². The summed E-state index contributed by atoms with van der Waals surface area (Å²) in [5, 5.41) is 8.52. The summed E-state index contributed by atoms with van der Waals surface area (Å²) in [5.74, 6) is -1.69. The highest BCUT2D eigenvalue weighted by Gasteiger charge is 2.23. The Bertz CT molecular complexity index is 684. The maximum Gasteiger partial charge on any atom is 0.304 e. The van der Waals surface area contributed by atoms with Crippen molar-refractivity contribution in [1.29, 1.82) is 0 Å². The van der Waals surface area contributed by atoms with Gasteiger partial charge in [-0.05, 0) is 30.2 Å². The van der Waals surface area contributed by atoms with E-state index in [-0.39, 0.29) is 5.91 Å². The molecule has 0 saturated carbocycles. The van der Waals surface area contributed by atoms with Crippen molar-refractivity contribution in [2.45, 2.75) is 19.8 Å². The Balaban J connectivity index is 2.13. The second kappa shape index (κ2) is 5.72. The van der Waals surface area contributed by atoms with Crippen molar-refractivity contribution >= 4 is 33.3 Å². The molecule has 0 unspecified atom stereocenters. The summed E-state index contributed by atoms with van der Waals surface area (Å²) in [6.07, 6.45) is 0.220. The van der Waals surface area contributed by atoms with Crippen LogP contribution in [0, 0.1) is 0 Å². The number of carbonyl (C=O) groups is 2. The number of anilines is 2. The number of nitrogens with zero attached hydrogens (tertiary/aromatic N) is 1. The molecule has 1 aliphatic heterocycles. The lowest BCUT2D eigenvalue weighted by Gasteiger charge is -2.15. The van der Waals surface area contributed by atoms with Gasteiger partial charge in [-0.3, -0.25) is 14.3 Å². The summed E-state index contributed by atoms with van der Waals surface area (Å²) in [7, 11) is -3.69. The SMILES string of the molecule is CC(=O)N1CCc2cc(NS(=O)(=O)CCC(=O)O)ccc21. The summed E-state index contributed by atoms with van der Waals surface area (Å²) >= 11 is 0. The van der Waals surface area contributed by atoms with Gasteiger partial charge in [0.2, 0.25) is 15.9 Å². The topological polar surface area (TPSA) is 104 Å². The number of carboxylic acid groups (broad SMARTS) is 1. The molecule has 21 heavy (non-hydrogen) atoms. The number of nitrogens with one attached hydrogen (secondary N) is 1. The Morgan fingerprint density at radius 1 is 1.38 bits per heavy atom. The number of benzene rings is 1. The summed E-state index contributed by atoms with van der Waals surface area (Å²) in [6.45, 7) is 2.07. The van der Waals surface area contributed by atoms with E-state index in [2.05, 4.69) is 4.72 Å². The fourth-order valence-electron chi connectivity index (χ4n) is 2.24. The number of carbonyl (C=O) groups excluding carboxylic acids is 1. The number of amides is 1. The van der Waals surface area contributed by atoms with Gasteiger partial charge in [0.05, 0.1) is 12.2 Å². The van der Waals surface area contributed by atoms with Crippen LogP contribution in [0.4, 0.5) is 11.4 Å². The standard InChI is InChI=1S/C13H16N2O5S/c1-9(16)15-6-4-10-8-11(2-3-12(10)15)14-21(19,20)7-5-13(17)18/h2-3,8,14H,4-7H2,1H3,(H,17,18). The molecule has 1 heterocycles. The molecule has 0 spiro atoms. The van der Waals surface area contributed by atoms with Crippen molar-refractivity contribution in [3.8, 4) is 0 Å². The number of hydrogen-bond donors (Lipinski definition) is 2. The van der Waals surface area contributed by atoms with Crippen LogP contribution in [0.15, 0.2) is 18.2 Å². The summed E-state index contributed by atoms with van der Waals surface area (Å²) in [5.41, 5.74) is 2.06. The third-order valence-electron chi connectivity index (χ3n) is 3.21. The van der Waals surface area contributed by atoms with E-state index in [0.29, 0.717) is 18.7 Å². The van der Waals surface area contributed by atoms with Crippen molar-refractivity contribution in [3.05, 3.63) is 23.8 Å². The molecule has 2 N–H and O–H groups in total. The predicted molar refractivity (Wildman–Crippen MR) is 77.8 cm³/mol. The van der Waals surface area contributed by atoms with E-state index in [0.717, 1.165) is 11.3 Å². The first-order valence-electron chi connectivity index (χ1n) is 6.42. The maximum atomic E-state index is 11.7. The normalized spacial score (nSPS) is 13.9. The first-order chi connectivity index (χ1) is 9.78. The third kappa shape index (κ3) is 3.72. The van der Waals surface area contributed by atoms with Gasteiger partial charge in [0.1, 0.15) is 0 Å². The maximum absolute atomic E-state index is 11.7. The lowest BCUT2D eigenvalue weighted by Crippen LogP contribution is -2.25. The van der Waals surface area contributed by atoms with E-state index in [1.54, 1.807) is 23.1 Å². The Morgan fingerprint density at radius 3 is 2.71 bits per heavy atom. The Morgan fingerprint density at radius 2 is 2.10 bits per heavy atom. The molecule has 0 atom stereocenters. The smallest absolute Gasteiger partial charge is 0.304 e. The Hall–Kier alpha value is -2.09. The average Bonchev–Trinajstić information content (AvgIpc) is 2.79. The minimum atomic E-state index is -3.69. The molecule has 1 aromatic carbocycles. The minimum absolute atomic E-state index is 0.0523. The van der Waals surface area contributed by atoms with Gasteiger partial charge in [-0.1, -0.05) is 0 Å². The molecule has 0 saturated heterocycles. The van der Waals surface area contributed by atoms with E-state index in [1.165, 1.54) is 6.92 Å². The number of fused-ring (bicyclic) bond motifs is 1. The zero-order chi connectivity index (χ0) is 15.6. The van der Waals surface area contributed by atoms with Crippen molar-refractivity contribution in [2.24, 2.45) is 0 Å². The highest BCUT2D eigenvalue weighted by Crippen LogP contribution is 2.30. The Labute approximate surface area is 122 Å². The summed E-state index contributed by atoms with van der Waals surface area (Å²) in [4.78, 5) is 23.5. The summed E-state index contributed by atoms with van der Waals surface area (Å²) < 4.78 is 25.8. The second-order valence-corrected chi connectivity index (χ2v) is 6.67. The first-order valence-corrected chi connectivity index (χ1v) is 8.07. The van der Waals surface area contributed by atoms with E-state index in [9.17, 15) is 18.0 Å². The van der Waals surface area contributed by atoms with Crippen molar-refractivity contribution in [3.63, 3.8) is 0 Å². The molecule has 1 amide bonds. The van der Waals surface area contributed by atoms with Crippen LogP contribution in [0.2, 0.25) is 0 Å². The quantitative estimate of drug-likeness (QED) is 0.837. The molecule has 8 heteroatoms. The third-order valence-corrected chi connectivity index (χ3v) is 4.50. The number of aliphatic carboxylic acids is 1. The van der Waals surface area contributed by atoms with Gasteiger partial charge in [0.25, 0.3) is 0 Å². The van der Waals surface area contributed by atoms with Gasteiger partial charge in [-0.15, -0.1) is 0 Å². The number of carboxylic acids is 1. The molecule has 0 radical (unpaired) electrons. The molecular weight excluding hydrogens is 296 g/mol. The summed E-state index contributed by atoms with van der Waals surface area (Å²) in [6, 6.07) is 4.94. The van der Waals surface area contributed by atoms with E-state index < -0.39 is 28.2 Å². The van der Waals surface area contributed by atoms with Crippen LogP contribution >= 0.6 is 0 Å². The Kier molecular flexibility index (Phi) is 4.17. The van der Waals surface area contributed by atoms with Crippen LogP contribution in [0.3, 0.4) is 0 Å². The number of rotatable bonds is 5. The number of sulfonamides is 1. The lowest BCUT2D eigenvalue weighted by molar-refractivity contribution is -0.136. The largest absolute Gasteiger partial charge is 0.481 e. The minimum Gasteiger partial charge on any atom is -0.481 e. The van der Waals surface area contributed by atoms with E-state index in [4.69, 9.17) is 5.11 Å². The highest BCUT2D eigenvalue weighted by molar-refractivity contribution is 7.92. The van der Waals surface area contributed by atoms with Gasteiger partial charge in [-0.2, -0.15) is 0 Å². The van der Waals surface area contributed by atoms with E-state index >= 15 is 0 Å². The fourth-order valence-corrected chi connectivity index (χ4v) is 3.28. The molecule has 0 fully saturated rings. The zero-order valence-corrected chi connectivity index (χ0v) is 12.3. The monoisotopic (exact) mass is 312 g/mol. The van der Waals surface area contributed by atoms with Crippen LogP contribution in [-0.2, 0) is 26.0 Å². The average molecular weight is 312 g/mol. The zero-order valence-electron chi connectivity index (χ0n) is 11.5. The van der Waals surface area contributed by atoms with Crippen LogP contribution in [-0.4, -0.2) is 37.7 Å². The van der Waals surface area contributed by atoms with Crippen LogP contribution in [0.25, 0.3) is 0 Å². The van der Waals surface area contributed by atoms with Crippen molar-refractivity contribution < 1.29 is 23.1 Å². The molecule has 0 aliphatic carbocycles. The van der Waals surface area contributed by atoms with Crippen LogP contribution < -0.4 is 9.62 Å². The molecular formula is C13H16N2O5S. The predicted octanol–water partition coefficient (Wildman–Crippen LogP) is 0.812. The van der Waals surface area contributed by atoms with Crippen molar-refractivity contribution in [1.82, 2.24) is 0 Å². The van der Waals surface area contributed by atoms with Gasteiger partial charge in [0, 0.05) is 24.8 Å². The van der Waals surface area contributed by atoms with Gasteiger partial charge in [-0.25, -0.2) is 8.42 Å². The number of hydrogen-bond acceptors (Lipinski definition) is 4. The molecule has 2 rings (SSSR count). The van der Waals surface area contributed by atoms with Crippen LogP contribution in [0.1, 0.15) is 18.9 Å². The van der Waals surface area contributed by atoms with Gasteiger partial charge < -0.3 is 10.0 Å². The van der Waals surface area contributed by atoms with Gasteiger partial charge in [0.15, 0.2) is 0 Å². The fraction of sp³-hybridized carbons (Fsp3) is 0.385. The molecule has 0 bridgehead atoms. The molecule has 1 aliphatic rings. The molecule has 7 nitrogen and oxygen atoms in total. The molecule has 114 valence electrons. The second-order valence-electron chi connectivity index (χ2n) is 4.83. The van der Waals surface area contributed by atoms with Crippen molar-refractivity contribution in [2.75, 3.05) is 21.9 Å². The molecule has 0 aromatic heterocycles. The molecule has 1 aromatic rings. The van der Waals surface area contributed by atoms with E-state index in [1.807, 2.05) is 0 Å². The highest BCUT2D eigenvalue weighted by atomic mass is 32.2. The van der Waals surface area contributed by atoms with Gasteiger partial charge >= 0.3 is 5.97 Å².